The fourth-order valence-corrected chi connectivity index (χ4v) is 4.63. The van der Waals surface area contributed by atoms with E-state index in [1.807, 2.05) is 45.9 Å². The molecule has 0 aromatic heterocycles. The van der Waals surface area contributed by atoms with Crippen molar-refractivity contribution in [2.45, 2.75) is 33.7 Å². The quantitative estimate of drug-likeness (QED) is 0.241. The van der Waals surface area contributed by atoms with Crippen LogP contribution in [-0.4, -0.2) is 37.1 Å². The van der Waals surface area contributed by atoms with Crippen molar-refractivity contribution in [3.8, 4) is 17.2 Å². The molecule has 0 aliphatic carbocycles. The van der Waals surface area contributed by atoms with E-state index in [0.717, 1.165) is 11.1 Å². The second-order valence-electron chi connectivity index (χ2n) is 8.76. The highest BCUT2D eigenvalue weighted by molar-refractivity contribution is 6.51. The molecule has 4 rings (SSSR count). The molecule has 1 saturated heterocycles. The minimum absolute atomic E-state index is 0.00162. The Morgan fingerprint density at radius 2 is 1.59 bits per heavy atom. The monoisotopic (exact) mass is 501 g/mol. The molecule has 1 aliphatic heterocycles. The van der Waals surface area contributed by atoms with Crippen LogP contribution in [0.2, 0.25) is 0 Å². The molecule has 7 nitrogen and oxygen atoms in total. The van der Waals surface area contributed by atoms with Gasteiger partial charge in [0.05, 0.1) is 31.9 Å². The summed E-state index contributed by atoms with van der Waals surface area (Å²) in [6, 6.07) is 16.8. The molecule has 3 aromatic carbocycles. The number of anilines is 1. The van der Waals surface area contributed by atoms with E-state index >= 15 is 0 Å². The number of aryl methyl sites for hydroxylation is 2. The van der Waals surface area contributed by atoms with E-state index in [9.17, 15) is 14.7 Å². The molecule has 1 heterocycles. The van der Waals surface area contributed by atoms with Crippen LogP contribution in [0.15, 0.2) is 66.2 Å². The van der Waals surface area contributed by atoms with Crippen molar-refractivity contribution < 1.29 is 28.9 Å². The van der Waals surface area contributed by atoms with Gasteiger partial charge in [0.25, 0.3) is 11.7 Å². The van der Waals surface area contributed by atoms with Crippen LogP contribution in [0.3, 0.4) is 0 Å². The highest BCUT2D eigenvalue weighted by atomic mass is 16.5. The summed E-state index contributed by atoms with van der Waals surface area (Å²) in [7, 11) is 1.55. The van der Waals surface area contributed by atoms with E-state index in [1.54, 1.807) is 49.6 Å². The lowest BCUT2D eigenvalue weighted by atomic mass is 9.94. The number of nitrogens with zero attached hydrogens (tertiary/aromatic N) is 1. The van der Waals surface area contributed by atoms with Crippen LogP contribution in [0.1, 0.15) is 42.1 Å². The lowest BCUT2D eigenvalue weighted by Gasteiger charge is -2.27. The highest BCUT2D eigenvalue weighted by Gasteiger charge is 2.47. The second-order valence-corrected chi connectivity index (χ2v) is 8.76. The van der Waals surface area contributed by atoms with Gasteiger partial charge < -0.3 is 19.3 Å². The van der Waals surface area contributed by atoms with Gasteiger partial charge in [-0.05, 0) is 81.3 Å². The maximum absolute atomic E-state index is 13.5. The van der Waals surface area contributed by atoms with Crippen molar-refractivity contribution in [2.24, 2.45) is 0 Å². The summed E-state index contributed by atoms with van der Waals surface area (Å²) in [5, 5.41) is 11.4. The van der Waals surface area contributed by atoms with Crippen molar-refractivity contribution >= 4 is 23.1 Å². The molecular weight excluding hydrogens is 470 g/mol. The van der Waals surface area contributed by atoms with E-state index in [1.165, 1.54) is 4.90 Å². The van der Waals surface area contributed by atoms with Crippen LogP contribution in [0.25, 0.3) is 5.76 Å². The number of ketones is 1. The topological polar surface area (TPSA) is 85.3 Å². The first-order valence-electron chi connectivity index (χ1n) is 12.2. The van der Waals surface area contributed by atoms with Gasteiger partial charge in [0, 0.05) is 11.3 Å². The van der Waals surface area contributed by atoms with Gasteiger partial charge in [0.2, 0.25) is 0 Å². The number of ether oxygens (including phenoxy) is 3. The van der Waals surface area contributed by atoms with Crippen LogP contribution < -0.4 is 19.1 Å². The van der Waals surface area contributed by atoms with Gasteiger partial charge in [-0.25, -0.2) is 0 Å². The number of methoxy groups -OCH3 is 1. The predicted octanol–water partition coefficient (Wildman–Crippen LogP) is 5.74. The van der Waals surface area contributed by atoms with Crippen LogP contribution in [-0.2, 0) is 9.59 Å². The van der Waals surface area contributed by atoms with Gasteiger partial charge in [0.15, 0.2) is 11.5 Å². The number of aliphatic hydroxyl groups is 1. The number of Topliss-reactive ketones (excluding diaryl/α,β-unsaturated/α-hetero) is 1. The zero-order valence-electron chi connectivity index (χ0n) is 21.7. The highest BCUT2D eigenvalue weighted by Crippen LogP contribution is 2.45. The number of hydrogen-bond acceptors (Lipinski definition) is 6. The summed E-state index contributed by atoms with van der Waals surface area (Å²) in [5.41, 5.74) is 3.49. The first kappa shape index (κ1) is 25.8. The summed E-state index contributed by atoms with van der Waals surface area (Å²) in [5.74, 6) is -0.0750. The molecule has 1 aliphatic rings. The lowest BCUT2D eigenvalue weighted by Crippen LogP contribution is -2.30. The standard InChI is InChI=1S/C30H31NO6/c1-6-36-22-12-9-20(10-13-22)28(32)26-27(21-11-15-24(35-5)25(17-21)37-7-2)31(30(34)29(26)33)23-14-8-18(3)16-19(23)4/h8-17,27,32H,6-7H2,1-5H3/b28-26+. The van der Waals surface area contributed by atoms with Crippen molar-refractivity contribution in [3.05, 3.63) is 88.5 Å². The van der Waals surface area contributed by atoms with E-state index in [2.05, 4.69) is 0 Å². The molecule has 1 amide bonds. The van der Waals surface area contributed by atoms with E-state index in [-0.39, 0.29) is 11.3 Å². The van der Waals surface area contributed by atoms with Gasteiger partial charge in [0.1, 0.15) is 11.5 Å². The number of aliphatic hydroxyl groups excluding tert-OH is 1. The Hall–Kier alpha value is -4.26. The fraction of sp³-hybridized carbons (Fsp3) is 0.267. The molecule has 0 spiro atoms. The maximum Gasteiger partial charge on any atom is 0.300 e. The Balaban J connectivity index is 1.94. The van der Waals surface area contributed by atoms with Crippen molar-refractivity contribution in [1.82, 2.24) is 0 Å². The summed E-state index contributed by atoms with van der Waals surface area (Å²) in [4.78, 5) is 28.4. The molecule has 0 radical (unpaired) electrons. The van der Waals surface area contributed by atoms with Gasteiger partial charge in [-0.15, -0.1) is 0 Å². The number of carbonyl (C=O) groups is 2. The molecule has 37 heavy (non-hydrogen) atoms. The smallest absolute Gasteiger partial charge is 0.300 e. The minimum Gasteiger partial charge on any atom is -0.507 e. The summed E-state index contributed by atoms with van der Waals surface area (Å²) in [6.45, 7) is 8.51. The van der Waals surface area contributed by atoms with Crippen molar-refractivity contribution in [3.63, 3.8) is 0 Å². The van der Waals surface area contributed by atoms with Gasteiger partial charge in [-0.1, -0.05) is 23.8 Å². The zero-order valence-corrected chi connectivity index (χ0v) is 21.7. The molecule has 0 bridgehead atoms. The van der Waals surface area contributed by atoms with Gasteiger partial charge in [-0.3, -0.25) is 14.5 Å². The van der Waals surface area contributed by atoms with E-state index in [0.29, 0.717) is 47.3 Å². The Morgan fingerprint density at radius 3 is 2.22 bits per heavy atom. The Labute approximate surface area is 216 Å². The van der Waals surface area contributed by atoms with Crippen LogP contribution >= 0.6 is 0 Å². The third-order valence-corrected chi connectivity index (χ3v) is 6.30. The number of hydrogen-bond donors (Lipinski definition) is 1. The number of benzene rings is 3. The minimum atomic E-state index is -0.877. The molecule has 3 aromatic rings. The first-order chi connectivity index (χ1) is 17.8. The molecule has 0 saturated carbocycles. The second kappa shape index (κ2) is 10.8. The molecular formula is C30H31NO6. The molecule has 1 N–H and O–H groups in total. The van der Waals surface area contributed by atoms with E-state index in [4.69, 9.17) is 14.2 Å². The first-order valence-corrected chi connectivity index (χ1v) is 12.2. The third-order valence-electron chi connectivity index (χ3n) is 6.30. The van der Waals surface area contributed by atoms with Crippen molar-refractivity contribution in [1.29, 1.82) is 0 Å². The Morgan fingerprint density at radius 1 is 0.892 bits per heavy atom. The third kappa shape index (κ3) is 4.89. The summed E-state index contributed by atoms with van der Waals surface area (Å²) >= 11 is 0. The molecule has 192 valence electrons. The summed E-state index contributed by atoms with van der Waals surface area (Å²) < 4.78 is 16.7. The van der Waals surface area contributed by atoms with Gasteiger partial charge in [-0.2, -0.15) is 0 Å². The largest absolute Gasteiger partial charge is 0.507 e. The number of carbonyl (C=O) groups excluding carboxylic acids is 2. The number of amides is 1. The van der Waals surface area contributed by atoms with Crippen LogP contribution in [0.4, 0.5) is 5.69 Å². The fourth-order valence-electron chi connectivity index (χ4n) is 4.63. The Kier molecular flexibility index (Phi) is 7.53. The summed E-state index contributed by atoms with van der Waals surface area (Å²) in [6.07, 6.45) is 0. The molecule has 1 atom stereocenters. The van der Waals surface area contributed by atoms with Crippen molar-refractivity contribution in [2.75, 3.05) is 25.2 Å². The van der Waals surface area contributed by atoms with E-state index < -0.39 is 17.7 Å². The van der Waals surface area contributed by atoms with Gasteiger partial charge >= 0.3 is 0 Å². The average molecular weight is 502 g/mol. The zero-order chi connectivity index (χ0) is 26.7. The lowest BCUT2D eigenvalue weighted by molar-refractivity contribution is -0.132. The molecule has 7 heteroatoms. The van der Waals surface area contributed by atoms with Crippen LogP contribution in [0.5, 0.6) is 17.2 Å². The Bertz CT molecular complexity index is 1360. The SMILES string of the molecule is CCOc1ccc(/C(O)=C2\C(=O)C(=O)N(c3ccc(C)cc3C)C2c2ccc(OC)c(OCC)c2)cc1. The maximum atomic E-state index is 13.5. The molecule has 1 unspecified atom stereocenters. The normalized spacial score (nSPS) is 16.7. The number of rotatable bonds is 8. The average Bonchev–Trinajstić information content (AvgIpc) is 3.14. The predicted molar refractivity (Wildman–Crippen MR) is 142 cm³/mol. The van der Waals surface area contributed by atoms with Crippen LogP contribution in [0, 0.1) is 13.8 Å². The molecule has 1 fully saturated rings.